The van der Waals surface area contributed by atoms with Crippen LogP contribution in [0.2, 0.25) is 0 Å². The quantitative estimate of drug-likeness (QED) is 0.814. The number of carboxylic acids is 1. The Balaban J connectivity index is 2.12. The topological polar surface area (TPSA) is 67.6 Å². The summed E-state index contributed by atoms with van der Waals surface area (Å²) in [5, 5.41) is 9.30. The molecule has 6 nitrogen and oxygen atoms in total. The number of hydrogen-bond acceptors (Lipinski definition) is 4. The summed E-state index contributed by atoms with van der Waals surface area (Å²) in [6, 6.07) is -0.0607. The van der Waals surface area contributed by atoms with Gasteiger partial charge in [0.25, 0.3) is 0 Å². The minimum atomic E-state index is -0.771. The van der Waals surface area contributed by atoms with Gasteiger partial charge in [-0.15, -0.1) is 0 Å². The molecule has 1 aromatic heterocycles. The number of aliphatic carboxylic acids is 1. The van der Waals surface area contributed by atoms with E-state index in [-0.39, 0.29) is 6.04 Å². The molecule has 2 unspecified atom stereocenters. The van der Waals surface area contributed by atoms with Crippen molar-refractivity contribution in [1.29, 1.82) is 0 Å². The molecular weight excluding hydrogens is 258 g/mol. The van der Waals surface area contributed by atoms with Crippen molar-refractivity contribution in [2.75, 3.05) is 19.8 Å². The van der Waals surface area contributed by atoms with Gasteiger partial charge in [-0.05, 0) is 19.9 Å². The maximum atomic E-state index is 11.3. The number of imidazole rings is 1. The lowest BCUT2D eigenvalue weighted by molar-refractivity contribution is -0.143. The van der Waals surface area contributed by atoms with Crippen LogP contribution in [0.4, 0.5) is 0 Å². The number of aryl methyl sites for hydroxylation is 1. The largest absolute Gasteiger partial charge is 0.481 e. The zero-order valence-corrected chi connectivity index (χ0v) is 12.2. The fourth-order valence-corrected chi connectivity index (χ4v) is 2.75. The predicted molar refractivity (Wildman–Crippen MR) is 74.3 cm³/mol. The van der Waals surface area contributed by atoms with E-state index in [1.54, 1.807) is 6.20 Å². The van der Waals surface area contributed by atoms with Crippen LogP contribution in [0.3, 0.4) is 0 Å². The second kappa shape index (κ2) is 6.85. The van der Waals surface area contributed by atoms with Gasteiger partial charge in [-0.2, -0.15) is 0 Å². The van der Waals surface area contributed by atoms with Crippen molar-refractivity contribution in [2.24, 2.45) is 5.92 Å². The maximum absolute atomic E-state index is 11.3. The van der Waals surface area contributed by atoms with Crippen molar-refractivity contribution in [3.05, 3.63) is 18.2 Å². The van der Waals surface area contributed by atoms with Gasteiger partial charge >= 0.3 is 5.97 Å². The molecule has 20 heavy (non-hydrogen) atoms. The molecule has 2 atom stereocenters. The summed E-state index contributed by atoms with van der Waals surface area (Å²) in [5.74, 6) is -0.226. The van der Waals surface area contributed by atoms with Crippen molar-refractivity contribution in [3.8, 4) is 0 Å². The number of nitrogens with zero attached hydrogens (tertiary/aromatic N) is 3. The van der Waals surface area contributed by atoms with E-state index in [9.17, 15) is 9.90 Å². The van der Waals surface area contributed by atoms with Crippen LogP contribution in [0, 0.1) is 5.92 Å². The molecule has 0 radical (unpaired) electrons. The number of carboxylic acid groups (broad SMARTS) is 1. The average molecular weight is 281 g/mol. The third-order valence-corrected chi connectivity index (χ3v) is 3.83. The van der Waals surface area contributed by atoms with Gasteiger partial charge < -0.3 is 14.4 Å². The molecule has 0 spiro atoms. The van der Waals surface area contributed by atoms with Crippen LogP contribution in [0.5, 0.6) is 0 Å². The molecule has 1 saturated heterocycles. The molecule has 1 aliphatic rings. The van der Waals surface area contributed by atoms with Gasteiger partial charge in [-0.3, -0.25) is 9.69 Å². The van der Waals surface area contributed by atoms with Crippen molar-refractivity contribution in [3.63, 3.8) is 0 Å². The molecule has 112 valence electrons. The van der Waals surface area contributed by atoms with Gasteiger partial charge in [0, 0.05) is 25.0 Å². The molecule has 1 aliphatic heterocycles. The second-order valence-electron chi connectivity index (χ2n) is 5.15. The number of hydrogen-bond donors (Lipinski definition) is 1. The van der Waals surface area contributed by atoms with E-state index in [1.165, 1.54) is 0 Å². The minimum Gasteiger partial charge on any atom is -0.481 e. The van der Waals surface area contributed by atoms with Crippen LogP contribution in [-0.4, -0.2) is 51.3 Å². The average Bonchev–Trinajstić information content (AvgIpc) is 3.06. The summed E-state index contributed by atoms with van der Waals surface area (Å²) < 4.78 is 7.48. The van der Waals surface area contributed by atoms with Gasteiger partial charge in [0.1, 0.15) is 5.82 Å². The molecule has 1 fully saturated rings. The number of rotatable bonds is 7. The highest BCUT2D eigenvalue weighted by Crippen LogP contribution is 2.22. The van der Waals surface area contributed by atoms with Crippen LogP contribution in [0.15, 0.2) is 12.4 Å². The highest BCUT2D eigenvalue weighted by atomic mass is 16.5. The summed E-state index contributed by atoms with van der Waals surface area (Å²) in [4.78, 5) is 17.9. The van der Waals surface area contributed by atoms with E-state index in [0.29, 0.717) is 19.8 Å². The van der Waals surface area contributed by atoms with Gasteiger partial charge in [0.05, 0.1) is 25.7 Å². The molecule has 0 saturated carbocycles. The number of aromatic nitrogens is 2. The highest BCUT2D eigenvalue weighted by Gasteiger charge is 2.38. The predicted octanol–water partition coefficient (Wildman–Crippen LogP) is 1.21. The second-order valence-corrected chi connectivity index (χ2v) is 5.15. The monoisotopic (exact) mass is 281 g/mol. The summed E-state index contributed by atoms with van der Waals surface area (Å²) in [5.41, 5.74) is 0. The summed E-state index contributed by atoms with van der Waals surface area (Å²) in [6.07, 6.45) is 4.73. The summed E-state index contributed by atoms with van der Waals surface area (Å²) >= 11 is 0. The van der Waals surface area contributed by atoms with Gasteiger partial charge in [0.2, 0.25) is 0 Å². The molecule has 0 amide bonds. The number of carbonyl (C=O) groups is 1. The summed E-state index contributed by atoms with van der Waals surface area (Å²) in [7, 11) is 0. The lowest BCUT2D eigenvalue weighted by atomic mass is 10.0. The fraction of sp³-hybridized carbons (Fsp3) is 0.714. The zero-order chi connectivity index (χ0) is 14.5. The molecule has 1 aromatic rings. The van der Waals surface area contributed by atoms with Crippen LogP contribution >= 0.6 is 0 Å². The lowest BCUT2D eigenvalue weighted by Gasteiger charge is -2.29. The van der Waals surface area contributed by atoms with Crippen molar-refractivity contribution in [1.82, 2.24) is 14.5 Å². The van der Waals surface area contributed by atoms with E-state index in [0.717, 1.165) is 25.3 Å². The Morgan fingerprint density at radius 1 is 1.55 bits per heavy atom. The number of ether oxygens (including phenoxy) is 1. The van der Waals surface area contributed by atoms with Crippen molar-refractivity contribution < 1.29 is 14.6 Å². The molecule has 0 aliphatic carbocycles. The van der Waals surface area contributed by atoms with Gasteiger partial charge in [0.15, 0.2) is 0 Å². The highest BCUT2D eigenvalue weighted by molar-refractivity contribution is 5.71. The lowest BCUT2D eigenvalue weighted by Crippen LogP contribution is -2.43. The minimum absolute atomic E-state index is 0.0607. The first-order valence-corrected chi connectivity index (χ1v) is 7.22. The van der Waals surface area contributed by atoms with E-state index < -0.39 is 11.9 Å². The van der Waals surface area contributed by atoms with Crippen LogP contribution in [0.25, 0.3) is 0 Å². The Hall–Kier alpha value is -1.40. The van der Waals surface area contributed by atoms with Gasteiger partial charge in [-0.25, -0.2) is 4.98 Å². The Bertz CT molecular complexity index is 447. The van der Waals surface area contributed by atoms with Crippen molar-refractivity contribution >= 4 is 5.97 Å². The van der Waals surface area contributed by atoms with E-state index >= 15 is 0 Å². The molecular formula is C14H23N3O3. The van der Waals surface area contributed by atoms with Crippen LogP contribution < -0.4 is 0 Å². The van der Waals surface area contributed by atoms with Crippen LogP contribution in [0.1, 0.15) is 26.1 Å². The van der Waals surface area contributed by atoms with E-state index in [2.05, 4.69) is 28.3 Å². The summed E-state index contributed by atoms with van der Waals surface area (Å²) in [6.45, 7) is 7.38. The third kappa shape index (κ3) is 3.19. The third-order valence-electron chi connectivity index (χ3n) is 3.83. The SMILES string of the molecule is CCCN(Cc1nccn1CC)C1COCC1C(=O)O. The molecule has 0 bridgehead atoms. The standard InChI is InChI=1S/C14H23N3O3/c1-3-6-17(8-13-15-5-7-16(13)4-2)12-10-20-9-11(12)14(18)19/h5,7,11-12H,3-4,6,8-10H2,1-2H3,(H,18,19). The zero-order valence-electron chi connectivity index (χ0n) is 12.2. The molecule has 1 N–H and O–H groups in total. The Morgan fingerprint density at radius 3 is 3.00 bits per heavy atom. The molecule has 0 aromatic carbocycles. The Labute approximate surface area is 119 Å². The smallest absolute Gasteiger partial charge is 0.310 e. The fourth-order valence-electron chi connectivity index (χ4n) is 2.75. The Morgan fingerprint density at radius 2 is 2.35 bits per heavy atom. The Kier molecular flexibility index (Phi) is 5.14. The van der Waals surface area contributed by atoms with Crippen LogP contribution in [-0.2, 0) is 22.6 Å². The van der Waals surface area contributed by atoms with E-state index in [1.807, 2.05) is 6.20 Å². The first-order chi connectivity index (χ1) is 9.67. The molecule has 2 heterocycles. The van der Waals surface area contributed by atoms with Gasteiger partial charge in [-0.1, -0.05) is 6.92 Å². The molecule has 6 heteroatoms. The normalized spacial score (nSPS) is 22.6. The maximum Gasteiger partial charge on any atom is 0.310 e. The van der Waals surface area contributed by atoms with Crippen molar-refractivity contribution in [2.45, 2.75) is 39.4 Å². The van der Waals surface area contributed by atoms with E-state index in [4.69, 9.17) is 4.74 Å². The molecule has 2 rings (SSSR count). The first kappa shape index (κ1) is 15.0. The first-order valence-electron chi connectivity index (χ1n) is 7.22.